The van der Waals surface area contributed by atoms with Crippen LogP contribution in [0.5, 0.6) is 0 Å². The third-order valence-corrected chi connectivity index (χ3v) is 6.09. The fourth-order valence-corrected chi connectivity index (χ4v) is 4.24. The molecule has 1 aliphatic heterocycles. The second-order valence-corrected chi connectivity index (χ2v) is 9.65. The van der Waals surface area contributed by atoms with Gasteiger partial charge in [-0.3, -0.25) is 9.59 Å². The van der Waals surface area contributed by atoms with Crippen molar-refractivity contribution >= 4 is 11.9 Å². The molecule has 2 aliphatic rings. The smallest absolute Gasteiger partial charge is 0.311 e. The van der Waals surface area contributed by atoms with Crippen LogP contribution in [0.15, 0.2) is 24.3 Å². The van der Waals surface area contributed by atoms with Crippen molar-refractivity contribution in [2.75, 3.05) is 13.6 Å². The number of carbonyl (C=O) groups excluding carboxylic acids is 2. The van der Waals surface area contributed by atoms with Crippen LogP contribution in [0.3, 0.4) is 0 Å². The minimum Gasteiger partial charge on any atom is -0.456 e. The molecule has 5 heteroatoms. The molecule has 0 radical (unpaired) electrons. The molecule has 1 aromatic carbocycles. The summed E-state index contributed by atoms with van der Waals surface area (Å²) in [4.78, 5) is 27.4. The van der Waals surface area contributed by atoms with Crippen molar-refractivity contribution in [2.45, 2.75) is 59.0 Å². The van der Waals surface area contributed by atoms with Crippen molar-refractivity contribution < 1.29 is 18.7 Å². The largest absolute Gasteiger partial charge is 0.456 e. The average molecular weight is 414 g/mol. The number of hydrogen-bond acceptors (Lipinski definition) is 3. The van der Waals surface area contributed by atoms with Crippen molar-refractivity contribution in [3.63, 3.8) is 0 Å². The SMILES string of the molecule is CN1C[C@@H](C#CCC2CCCC2)[C@H](C(OC(=O)C(C)(C)C)c2ccc(F)cc2)C1=O. The lowest BCUT2D eigenvalue weighted by Crippen LogP contribution is -2.33. The zero-order chi connectivity index (χ0) is 21.9. The van der Waals surface area contributed by atoms with Crippen LogP contribution >= 0.6 is 0 Å². The maximum atomic E-state index is 13.5. The highest BCUT2D eigenvalue weighted by molar-refractivity contribution is 5.83. The van der Waals surface area contributed by atoms with E-state index in [9.17, 15) is 14.0 Å². The molecule has 162 valence electrons. The minimum absolute atomic E-state index is 0.0915. The Balaban J connectivity index is 1.89. The van der Waals surface area contributed by atoms with Crippen LogP contribution in [0.4, 0.5) is 4.39 Å². The van der Waals surface area contributed by atoms with Crippen LogP contribution in [0.25, 0.3) is 0 Å². The summed E-state index contributed by atoms with van der Waals surface area (Å²) in [5, 5.41) is 0. The van der Waals surface area contributed by atoms with Gasteiger partial charge in [0, 0.05) is 20.0 Å². The van der Waals surface area contributed by atoms with Crippen LogP contribution in [0.2, 0.25) is 0 Å². The highest BCUT2D eigenvalue weighted by atomic mass is 19.1. The first-order chi connectivity index (χ1) is 14.2. The summed E-state index contributed by atoms with van der Waals surface area (Å²) in [5.74, 6) is 5.59. The predicted molar refractivity (Wildman–Crippen MR) is 114 cm³/mol. The van der Waals surface area contributed by atoms with E-state index in [2.05, 4.69) is 11.8 Å². The van der Waals surface area contributed by atoms with Crippen molar-refractivity contribution in [1.82, 2.24) is 4.90 Å². The summed E-state index contributed by atoms with van der Waals surface area (Å²) >= 11 is 0. The summed E-state index contributed by atoms with van der Waals surface area (Å²) in [5.41, 5.74) is -0.0968. The summed E-state index contributed by atoms with van der Waals surface area (Å²) in [6.45, 7) is 5.83. The quantitative estimate of drug-likeness (QED) is 0.529. The topological polar surface area (TPSA) is 46.6 Å². The van der Waals surface area contributed by atoms with Gasteiger partial charge in [0.05, 0.1) is 17.3 Å². The molecular weight excluding hydrogens is 381 g/mol. The number of rotatable bonds is 4. The normalized spacial score (nSPS) is 23.2. The number of carbonyl (C=O) groups is 2. The molecule has 1 unspecified atom stereocenters. The third kappa shape index (κ3) is 5.22. The molecule has 3 atom stereocenters. The molecule has 0 spiro atoms. The summed E-state index contributed by atoms with van der Waals surface area (Å²) in [6.07, 6.45) is 5.06. The van der Waals surface area contributed by atoms with E-state index in [-0.39, 0.29) is 17.6 Å². The maximum absolute atomic E-state index is 13.5. The van der Waals surface area contributed by atoms with E-state index >= 15 is 0 Å². The number of benzene rings is 1. The van der Waals surface area contributed by atoms with Gasteiger partial charge in [0.1, 0.15) is 11.9 Å². The van der Waals surface area contributed by atoms with Crippen molar-refractivity contribution in [1.29, 1.82) is 0 Å². The molecule has 0 aromatic heterocycles. The molecule has 1 amide bonds. The summed E-state index contributed by atoms with van der Waals surface area (Å²) in [6, 6.07) is 5.84. The average Bonchev–Trinajstić information content (AvgIpc) is 3.29. The second kappa shape index (κ2) is 9.20. The predicted octanol–water partition coefficient (Wildman–Crippen LogP) is 4.74. The molecule has 30 heavy (non-hydrogen) atoms. The van der Waals surface area contributed by atoms with E-state index in [0.29, 0.717) is 18.0 Å². The number of halogens is 1. The fourth-order valence-electron chi connectivity index (χ4n) is 4.24. The van der Waals surface area contributed by atoms with Gasteiger partial charge in [-0.2, -0.15) is 0 Å². The standard InChI is InChI=1S/C25H32FNO3/c1-25(2,3)24(29)30-22(18-12-14-20(26)15-13-18)21-19(16-27(4)23(21)28)11-7-10-17-8-5-6-9-17/h12-15,17,19,21-22H,5-6,8-10,16H2,1-4H3/t19-,21-,22?/m1/s1. The molecule has 4 nitrogen and oxygen atoms in total. The Kier molecular flexibility index (Phi) is 6.85. The van der Waals surface area contributed by atoms with E-state index in [1.165, 1.54) is 37.8 Å². The van der Waals surface area contributed by atoms with Gasteiger partial charge in [-0.1, -0.05) is 30.9 Å². The first kappa shape index (κ1) is 22.3. The highest BCUT2D eigenvalue weighted by Gasteiger charge is 2.46. The monoisotopic (exact) mass is 413 g/mol. The first-order valence-electron chi connectivity index (χ1n) is 10.9. The van der Waals surface area contributed by atoms with E-state index in [1.54, 1.807) is 44.9 Å². The molecule has 2 fully saturated rings. The lowest BCUT2D eigenvalue weighted by molar-refractivity contribution is -0.164. The van der Waals surface area contributed by atoms with E-state index in [0.717, 1.165) is 6.42 Å². The van der Waals surface area contributed by atoms with Crippen LogP contribution < -0.4 is 0 Å². The Morgan fingerprint density at radius 1 is 1.23 bits per heavy atom. The first-order valence-corrected chi connectivity index (χ1v) is 10.9. The molecular formula is C25H32FNO3. The van der Waals surface area contributed by atoms with Gasteiger partial charge < -0.3 is 9.64 Å². The minimum atomic E-state index is -0.791. The van der Waals surface area contributed by atoms with Crippen molar-refractivity contribution in [3.8, 4) is 11.8 Å². The number of amides is 1. The van der Waals surface area contributed by atoms with Crippen molar-refractivity contribution in [3.05, 3.63) is 35.6 Å². The molecule has 0 N–H and O–H groups in total. The van der Waals surface area contributed by atoms with E-state index in [4.69, 9.17) is 4.74 Å². The van der Waals surface area contributed by atoms with E-state index in [1.807, 2.05) is 0 Å². The molecule has 1 saturated heterocycles. The third-order valence-electron chi connectivity index (χ3n) is 6.09. The number of esters is 1. The highest BCUT2D eigenvalue weighted by Crippen LogP contribution is 2.39. The molecule has 1 aliphatic carbocycles. The Bertz CT molecular complexity index is 825. The number of likely N-dealkylation sites (tertiary alicyclic amines) is 1. The van der Waals surface area contributed by atoms with E-state index < -0.39 is 23.4 Å². The fraction of sp³-hybridized carbons (Fsp3) is 0.600. The Morgan fingerprint density at radius 2 is 1.87 bits per heavy atom. The van der Waals surface area contributed by atoms with Crippen LogP contribution in [-0.4, -0.2) is 30.4 Å². The number of nitrogens with zero attached hydrogens (tertiary/aromatic N) is 1. The Morgan fingerprint density at radius 3 is 2.47 bits per heavy atom. The molecule has 3 rings (SSSR count). The molecule has 1 saturated carbocycles. The summed E-state index contributed by atoms with van der Waals surface area (Å²) < 4.78 is 19.4. The molecule has 1 aromatic rings. The van der Waals surface area contributed by atoms with Gasteiger partial charge in [-0.25, -0.2) is 4.39 Å². The van der Waals surface area contributed by atoms with Crippen LogP contribution in [0, 0.1) is 40.8 Å². The zero-order valence-corrected chi connectivity index (χ0v) is 18.4. The van der Waals surface area contributed by atoms with Gasteiger partial charge >= 0.3 is 5.97 Å². The van der Waals surface area contributed by atoms with Gasteiger partial charge in [0.25, 0.3) is 0 Å². The zero-order valence-electron chi connectivity index (χ0n) is 18.4. The van der Waals surface area contributed by atoms with Crippen LogP contribution in [0.1, 0.15) is 64.5 Å². The molecule has 0 bridgehead atoms. The lowest BCUT2D eigenvalue weighted by Gasteiger charge is -2.28. The maximum Gasteiger partial charge on any atom is 0.311 e. The Hall–Kier alpha value is -2.35. The van der Waals surface area contributed by atoms with Crippen molar-refractivity contribution in [2.24, 2.45) is 23.2 Å². The van der Waals surface area contributed by atoms with Crippen LogP contribution in [-0.2, 0) is 14.3 Å². The van der Waals surface area contributed by atoms with Gasteiger partial charge in [0.15, 0.2) is 0 Å². The lowest BCUT2D eigenvalue weighted by atomic mass is 9.86. The summed E-state index contributed by atoms with van der Waals surface area (Å²) in [7, 11) is 1.75. The van der Waals surface area contributed by atoms with Gasteiger partial charge in [-0.05, 0) is 57.2 Å². The second-order valence-electron chi connectivity index (χ2n) is 9.65. The molecule has 1 heterocycles. The number of hydrogen-bond donors (Lipinski definition) is 0. The Labute approximate surface area is 179 Å². The van der Waals surface area contributed by atoms with Gasteiger partial charge in [-0.15, -0.1) is 5.92 Å². The number of ether oxygens (including phenoxy) is 1. The van der Waals surface area contributed by atoms with Gasteiger partial charge in [0.2, 0.25) is 5.91 Å².